The van der Waals surface area contributed by atoms with Gasteiger partial charge in [0, 0.05) is 0 Å². The van der Waals surface area contributed by atoms with Crippen LogP contribution in [0.2, 0.25) is 0 Å². The number of likely N-dealkylation sites (N-methyl/N-ethyl adjacent to an activating group) is 1. The zero-order chi connectivity index (χ0) is 9.56. The molecule has 0 fully saturated rings. The quantitative estimate of drug-likeness (QED) is 0.662. The number of hydrogen-bond donors (Lipinski definition) is 1. The van der Waals surface area contributed by atoms with Crippen LogP contribution in [0.1, 0.15) is 40.0 Å². The van der Waals surface area contributed by atoms with Gasteiger partial charge in [-0.15, -0.1) is 0 Å². The Morgan fingerprint density at radius 1 is 1.50 bits per heavy atom. The number of hydrogen-bond acceptors (Lipinski definition) is 2. The van der Waals surface area contributed by atoms with Crippen LogP contribution < -0.4 is 5.32 Å². The molecule has 0 radical (unpaired) electrons. The number of unbranched alkanes of at least 4 members (excludes halogenated alkanes) is 1. The van der Waals surface area contributed by atoms with Gasteiger partial charge in [-0.2, -0.15) is 0 Å². The molecule has 0 bridgehead atoms. The summed E-state index contributed by atoms with van der Waals surface area (Å²) in [6, 6.07) is 0.0524. The van der Waals surface area contributed by atoms with Crippen molar-refractivity contribution < 1.29 is 4.79 Å². The number of Topliss-reactive ketones (excluding diaryl/α,β-unsaturated/α-hetero) is 1. The average molecular weight is 171 g/mol. The van der Waals surface area contributed by atoms with E-state index in [1.807, 2.05) is 7.05 Å². The monoisotopic (exact) mass is 171 g/mol. The standard InChI is InChI=1S/C10H21NO/c1-5-6-7-8(2)10(11-4)9(3)12/h8,10-11H,5-7H2,1-4H3. The molecular formula is C10H21NO. The van der Waals surface area contributed by atoms with E-state index in [0.29, 0.717) is 5.92 Å². The van der Waals surface area contributed by atoms with Crippen LogP contribution in [-0.2, 0) is 4.79 Å². The number of nitrogens with one attached hydrogen (secondary N) is 1. The molecule has 0 aliphatic heterocycles. The summed E-state index contributed by atoms with van der Waals surface area (Å²) in [5, 5.41) is 3.06. The highest BCUT2D eigenvalue weighted by Gasteiger charge is 2.18. The molecule has 2 heteroatoms. The first-order valence-electron chi connectivity index (χ1n) is 4.81. The van der Waals surface area contributed by atoms with Gasteiger partial charge in [0.05, 0.1) is 6.04 Å². The summed E-state index contributed by atoms with van der Waals surface area (Å²) < 4.78 is 0. The predicted molar refractivity (Wildman–Crippen MR) is 52.2 cm³/mol. The fourth-order valence-corrected chi connectivity index (χ4v) is 1.58. The summed E-state index contributed by atoms with van der Waals surface area (Å²) in [6.07, 6.45) is 3.56. The van der Waals surface area contributed by atoms with Crippen LogP contribution in [0.25, 0.3) is 0 Å². The first kappa shape index (κ1) is 11.6. The summed E-state index contributed by atoms with van der Waals surface area (Å²) in [5.74, 6) is 0.716. The van der Waals surface area contributed by atoms with Gasteiger partial charge in [-0.05, 0) is 26.3 Å². The van der Waals surface area contributed by atoms with Gasteiger partial charge in [0.2, 0.25) is 0 Å². The van der Waals surface area contributed by atoms with Crippen molar-refractivity contribution in [3.8, 4) is 0 Å². The molecule has 72 valence electrons. The van der Waals surface area contributed by atoms with E-state index in [0.717, 1.165) is 6.42 Å². The molecular weight excluding hydrogens is 150 g/mol. The first-order valence-corrected chi connectivity index (χ1v) is 4.81. The summed E-state index contributed by atoms with van der Waals surface area (Å²) in [7, 11) is 1.86. The lowest BCUT2D eigenvalue weighted by molar-refractivity contribution is -0.120. The van der Waals surface area contributed by atoms with Crippen LogP contribution in [0.15, 0.2) is 0 Å². The zero-order valence-corrected chi connectivity index (χ0v) is 8.68. The summed E-state index contributed by atoms with van der Waals surface area (Å²) >= 11 is 0. The highest BCUT2D eigenvalue weighted by Crippen LogP contribution is 2.12. The van der Waals surface area contributed by atoms with Crippen molar-refractivity contribution in [2.24, 2.45) is 5.92 Å². The van der Waals surface area contributed by atoms with Crippen molar-refractivity contribution in [3.05, 3.63) is 0 Å². The van der Waals surface area contributed by atoms with Crippen molar-refractivity contribution >= 4 is 5.78 Å². The Labute approximate surface area is 75.7 Å². The average Bonchev–Trinajstić information content (AvgIpc) is 2.01. The lowest BCUT2D eigenvalue weighted by Crippen LogP contribution is -2.38. The van der Waals surface area contributed by atoms with E-state index in [1.54, 1.807) is 6.92 Å². The molecule has 0 rings (SSSR count). The molecule has 0 spiro atoms. The highest BCUT2D eigenvalue weighted by atomic mass is 16.1. The Morgan fingerprint density at radius 2 is 2.08 bits per heavy atom. The van der Waals surface area contributed by atoms with Crippen molar-refractivity contribution in [1.29, 1.82) is 0 Å². The van der Waals surface area contributed by atoms with E-state index in [2.05, 4.69) is 19.2 Å². The maximum atomic E-state index is 11.1. The fourth-order valence-electron chi connectivity index (χ4n) is 1.58. The molecule has 0 heterocycles. The van der Waals surface area contributed by atoms with Crippen molar-refractivity contribution in [3.63, 3.8) is 0 Å². The summed E-state index contributed by atoms with van der Waals surface area (Å²) in [4.78, 5) is 11.1. The molecule has 0 aliphatic carbocycles. The van der Waals surface area contributed by atoms with Crippen LogP contribution >= 0.6 is 0 Å². The number of carbonyl (C=O) groups is 1. The van der Waals surface area contributed by atoms with Crippen molar-refractivity contribution in [1.82, 2.24) is 5.32 Å². The van der Waals surface area contributed by atoms with E-state index in [1.165, 1.54) is 12.8 Å². The number of carbonyl (C=O) groups excluding carboxylic acids is 1. The second kappa shape index (κ2) is 6.18. The maximum absolute atomic E-state index is 11.1. The second-order valence-corrected chi connectivity index (χ2v) is 3.50. The highest BCUT2D eigenvalue weighted by molar-refractivity contribution is 5.81. The first-order chi connectivity index (χ1) is 5.63. The SMILES string of the molecule is CCCCC(C)C(NC)C(C)=O. The predicted octanol–water partition coefficient (Wildman–Crippen LogP) is 1.99. The van der Waals surface area contributed by atoms with Crippen LogP contribution in [0.5, 0.6) is 0 Å². The molecule has 2 nitrogen and oxygen atoms in total. The zero-order valence-electron chi connectivity index (χ0n) is 8.68. The number of ketones is 1. The number of rotatable bonds is 6. The molecule has 0 aromatic rings. The Kier molecular flexibility index (Phi) is 5.99. The third-order valence-corrected chi connectivity index (χ3v) is 2.33. The molecule has 0 saturated carbocycles. The van der Waals surface area contributed by atoms with Gasteiger partial charge >= 0.3 is 0 Å². The molecule has 0 amide bonds. The van der Waals surface area contributed by atoms with Crippen molar-refractivity contribution in [2.75, 3.05) is 7.05 Å². The minimum absolute atomic E-state index is 0.0524. The molecule has 2 unspecified atom stereocenters. The van der Waals surface area contributed by atoms with Crippen LogP contribution in [0.4, 0.5) is 0 Å². The van der Waals surface area contributed by atoms with Gasteiger partial charge in [-0.25, -0.2) is 0 Å². The Balaban J connectivity index is 3.85. The largest absolute Gasteiger partial charge is 0.310 e. The Bertz CT molecular complexity index is 134. The van der Waals surface area contributed by atoms with Crippen LogP contribution in [0, 0.1) is 5.92 Å². The van der Waals surface area contributed by atoms with Crippen LogP contribution in [0.3, 0.4) is 0 Å². The maximum Gasteiger partial charge on any atom is 0.146 e. The van der Waals surface area contributed by atoms with E-state index in [9.17, 15) is 4.79 Å². The minimum atomic E-state index is 0.0524. The van der Waals surface area contributed by atoms with Gasteiger partial charge in [0.25, 0.3) is 0 Å². The lowest BCUT2D eigenvalue weighted by atomic mass is 9.93. The Morgan fingerprint density at radius 3 is 2.42 bits per heavy atom. The van der Waals surface area contributed by atoms with E-state index in [4.69, 9.17) is 0 Å². The molecule has 0 saturated heterocycles. The van der Waals surface area contributed by atoms with Crippen LogP contribution in [-0.4, -0.2) is 18.9 Å². The smallest absolute Gasteiger partial charge is 0.146 e. The topological polar surface area (TPSA) is 29.1 Å². The minimum Gasteiger partial charge on any atom is -0.310 e. The molecule has 2 atom stereocenters. The van der Waals surface area contributed by atoms with Gasteiger partial charge < -0.3 is 5.32 Å². The molecule has 1 N–H and O–H groups in total. The van der Waals surface area contributed by atoms with Gasteiger partial charge in [-0.1, -0.05) is 26.7 Å². The molecule has 0 aromatic carbocycles. The molecule has 0 aliphatic rings. The molecule has 12 heavy (non-hydrogen) atoms. The van der Waals surface area contributed by atoms with Gasteiger partial charge in [0.15, 0.2) is 0 Å². The summed E-state index contributed by atoms with van der Waals surface area (Å²) in [6.45, 7) is 5.97. The third kappa shape index (κ3) is 3.86. The van der Waals surface area contributed by atoms with E-state index in [-0.39, 0.29) is 11.8 Å². The fraction of sp³-hybridized carbons (Fsp3) is 0.900. The van der Waals surface area contributed by atoms with E-state index < -0.39 is 0 Å². The van der Waals surface area contributed by atoms with Crippen molar-refractivity contribution in [2.45, 2.75) is 46.1 Å². The summed E-state index contributed by atoms with van der Waals surface area (Å²) in [5.41, 5.74) is 0. The third-order valence-electron chi connectivity index (χ3n) is 2.33. The normalized spacial score (nSPS) is 15.7. The van der Waals surface area contributed by atoms with E-state index >= 15 is 0 Å². The van der Waals surface area contributed by atoms with Gasteiger partial charge in [0.1, 0.15) is 5.78 Å². The lowest BCUT2D eigenvalue weighted by Gasteiger charge is -2.20. The second-order valence-electron chi connectivity index (χ2n) is 3.50. The van der Waals surface area contributed by atoms with Gasteiger partial charge in [-0.3, -0.25) is 4.79 Å². The molecule has 0 aromatic heterocycles. The Hall–Kier alpha value is -0.370.